The third kappa shape index (κ3) is 3.96. The fourth-order valence-electron chi connectivity index (χ4n) is 1.44. The van der Waals surface area contributed by atoms with Crippen molar-refractivity contribution in [1.82, 2.24) is 0 Å². The van der Waals surface area contributed by atoms with E-state index in [1.54, 1.807) is 12.1 Å². The van der Waals surface area contributed by atoms with E-state index in [-0.39, 0.29) is 5.75 Å². The van der Waals surface area contributed by atoms with E-state index >= 15 is 0 Å². The van der Waals surface area contributed by atoms with Crippen LogP contribution in [0.3, 0.4) is 0 Å². The maximum atomic E-state index is 12.0. The van der Waals surface area contributed by atoms with Gasteiger partial charge in [-0.2, -0.15) is 0 Å². The summed E-state index contributed by atoms with van der Waals surface area (Å²) in [6.45, 7) is 0. The highest BCUT2D eigenvalue weighted by atomic mass is 35.5. The highest BCUT2D eigenvalue weighted by Crippen LogP contribution is 2.32. The molecule has 0 aliphatic heterocycles. The Morgan fingerprint density at radius 1 is 0.950 bits per heavy atom. The number of ether oxygens (including phenoxy) is 2. The van der Waals surface area contributed by atoms with E-state index in [9.17, 15) is 13.2 Å². The van der Waals surface area contributed by atoms with Crippen molar-refractivity contribution in [3.8, 4) is 17.2 Å². The van der Waals surface area contributed by atoms with Crippen LogP contribution in [-0.2, 0) is 0 Å². The molecule has 2 aromatic rings. The smallest absolute Gasteiger partial charge is 0.456 e. The molecule has 3 nitrogen and oxygen atoms in total. The van der Waals surface area contributed by atoms with Crippen LogP contribution in [0.5, 0.6) is 17.2 Å². The average molecular weight is 304 g/mol. The number of halogens is 4. The molecule has 0 saturated carbocycles. The monoisotopic (exact) mass is 303 g/mol. The molecule has 0 aliphatic rings. The molecule has 0 aromatic heterocycles. The molecule has 20 heavy (non-hydrogen) atoms. The van der Waals surface area contributed by atoms with Crippen LogP contribution >= 0.6 is 11.6 Å². The van der Waals surface area contributed by atoms with Crippen molar-refractivity contribution >= 4 is 17.3 Å². The van der Waals surface area contributed by atoms with Gasteiger partial charge in [0, 0.05) is 5.69 Å². The highest BCUT2D eigenvalue weighted by Gasteiger charge is 2.30. The molecular weight excluding hydrogens is 295 g/mol. The Kier molecular flexibility index (Phi) is 3.94. The maximum absolute atomic E-state index is 12.0. The number of nitrogen functional groups attached to an aromatic ring is 1. The minimum Gasteiger partial charge on any atom is -0.456 e. The molecule has 0 spiro atoms. The van der Waals surface area contributed by atoms with E-state index in [4.69, 9.17) is 22.1 Å². The van der Waals surface area contributed by atoms with Gasteiger partial charge in [0.25, 0.3) is 0 Å². The molecule has 2 aromatic carbocycles. The van der Waals surface area contributed by atoms with Crippen LogP contribution in [0.4, 0.5) is 18.9 Å². The van der Waals surface area contributed by atoms with Gasteiger partial charge in [0.2, 0.25) is 0 Å². The average Bonchev–Trinajstić information content (AvgIpc) is 2.33. The van der Waals surface area contributed by atoms with Gasteiger partial charge in [0.05, 0.1) is 5.02 Å². The van der Waals surface area contributed by atoms with Crippen molar-refractivity contribution < 1.29 is 22.6 Å². The second-order valence-corrected chi connectivity index (χ2v) is 4.22. The molecule has 2 N–H and O–H groups in total. The zero-order valence-corrected chi connectivity index (χ0v) is 10.7. The Bertz CT molecular complexity index is 600. The van der Waals surface area contributed by atoms with Gasteiger partial charge in [-0.25, -0.2) is 0 Å². The van der Waals surface area contributed by atoms with Gasteiger partial charge in [0.1, 0.15) is 17.2 Å². The highest BCUT2D eigenvalue weighted by molar-refractivity contribution is 6.32. The van der Waals surface area contributed by atoms with Crippen molar-refractivity contribution in [2.24, 2.45) is 0 Å². The summed E-state index contributed by atoms with van der Waals surface area (Å²) < 4.78 is 45.2. The third-order valence-electron chi connectivity index (χ3n) is 2.24. The Balaban J connectivity index is 2.11. The fourth-order valence-corrected chi connectivity index (χ4v) is 1.66. The van der Waals surface area contributed by atoms with Crippen molar-refractivity contribution in [2.45, 2.75) is 6.36 Å². The van der Waals surface area contributed by atoms with Crippen LogP contribution in [0.25, 0.3) is 0 Å². The van der Waals surface area contributed by atoms with E-state index in [0.29, 0.717) is 22.2 Å². The number of hydrogen-bond donors (Lipinski definition) is 1. The standard InChI is InChI=1S/C13H9ClF3NO2/c14-11-7-8(18)1-6-12(11)19-9-2-4-10(5-3-9)20-13(15,16)17/h1-7H,18H2. The molecule has 2 rings (SSSR count). The third-order valence-corrected chi connectivity index (χ3v) is 2.54. The summed E-state index contributed by atoms with van der Waals surface area (Å²) in [6.07, 6.45) is -4.72. The van der Waals surface area contributed by atoms with Gasteiger partial charge in [-0.3, -0.25) is 0 Å². The van der Waals surface area contributed by atoms with Gasteiger partial charge in [-0.15, -0.1) is 13.2 Å². The first kappa shape index (κ1) is 14.3. The Morgan fingerprint density at radius 2 is 1.55 bits per heavy atom. The predicted molar refractivity (Wildman–Crippen MR) is 69.1 cm³/mol. The lowest BCUT2D eigenvalue weighted by Crippen LogP contribution is -2.16. The molecule has 0 radical (unpaired) electrons. The predicted octanol–water partition coefficient (Wildman–Crippen LogP) is 4.61. The van der Waals surface area contributed by atoms with Crippen molar-refractivity contribution in [2.75, 3.05) is 5.73 Å². The maximum Gasteiger partial charge on any atom is 0.573 e. The van der Waals surface area contributed by atoms with Crippen molar-refractivity contribution in [3.63, 3.8) is 0 Å². The minimum absolute atomic E-state index is 0.306. The zero-order valence-electron chi connectivity index (χ0n) is 9.95. The zero-order chi connectivity index (χ0) is 14.8. The van der Waals surface area contributed by atoms with E-state index < -0.39 is 6.36 Å². The van der Waals surface area contributed by atoms with Crippen LogP contribution in [0, 0.1) is 0 Å². The van der Waals surface area contributed by atoms with Crippen LogP contribution in [0.1, 0.15) is 0 Å². The van der Waals surface area contributed by atoms with E-state index in [0.717, 1.165) is 12.1 Å². The summed E-state index contributed by atoms with van der Waals surface area (Å²) in [6, 6.07) is 9.65. The van der Waals surface area contributed by atoms with Crippen LogP contribution in [0.2, 0.25) is 5.02 Å². The lowest BCUT2D eigenvalue weighted by Gasteiger charge is -2.10. The summed E-state index contributed by atoms with van der Waals surface area (Å²) in [5.74, 6) is 0.352. The van der Waals surface area contributed by atoms with E-state index in [2.05, 4.69) is 4.74 Å². The first-order valence-electron chi connectivity index (χ1n) is 5.42. The second-order valence-electron chi connectivity index (χ2n) is 3.81. The van der Waals surface area contributed by atoms with Crippen LogP contribution in [0.15, 0.2) is 42.5 Å². The first-order valence-corrected chi connectivity index (χ1v) is 5.80. The van der Waals surface area contributed by atoms with Crippen molar-refractivity contribution in [1.29, 1.82) is 0 Å². The summed E-state index contributed by atoms with van der Waals surface area (Å²) >= 11 is 5.92. The number of alkyl halides is 3. The molecule has 7 heteroatoms. The normalized spacial score (nSPS) is 11.2. The number of nitrogens with two attached hydrogens (primary N) is 1. The summed E-state index contributed by atoms with van der Waals surface area (Å²) in [7, 11) is 0. The molecule has 0 atom stereocenters. The topological polar surface area (TPSA) is 44.5 Å². The van der Waals surface area contributed by atoms with Crippen LogP contribution < -0.4 is 15.2 Å². The Hall–Kier alpha value is -2.08. The lowest BCUT2D eigenvalue weighted by molar-refractivity contribution is -0.274. The molecule has 0 heterocycles. The van der Waals surface area contributed by atoms with E-state index in [1.807, 2.05) is 0 Å². The number of benzene rings is 2. The van der Waals surface area contributed by atoms with Gasteiger partial charge < -0.3 is 15.2 Å². The Labute approximate surface area is 117 Å². The van der Waals surface area contributed by atoms with Crippen molar-refractivity contribution in [3.05, 3.63) is 47.5 Å². The molecule has 0 unspecified atom stereocenters. The second kappa shape index (κ2) is 5.50. The fraction of sp³-hybridized carbons (Fsp3) is 0.0769. The lowest BCUT2D eigenvalue weighted by atomic mass is 10.3. The largest absolute Gasteiger partial charge is 0.573 e. The first-order chi connectivity index (χ1) is 9.33. The molecule has 106 valence electrons. The molecule has 0 aliphatic carbocycles. The minimum atomic E-state index is -4.72. The Morgan fingerprint density at radius 3 is 2.10 bits per heavy atom. The summed E-state index contributed by atoms with van der Waals surface area (Å²) in [4.78, 5) is 0. The van der Waals surface area contributed by atoms with E-state index in [1.165, 1.54) is 18.2 Å². The van der Waals surface area contributed by atoms with Gasteiger partial charge in [-0.1, -0.05) is 11.6 Å². The number of rotatable bonds is 3. The van der Waals surface area contributed by atoms with Gasteiger partial charge in [0.15, 0.2) is 0 Å². The molecule has 0 bridgehead atoms. The molecular formula is C13H9ClF3NO2. The number of hydrogen-bond acceptors (Lipinski definition) is 3. The quantitative estimate of drug-likeness (QED) is 0.842. The van der Waals surface area contributed by atoms with Gasteiger partial charge >= 0.3 is 6.36 Å². The summed E-state index contributed by atoms with van der Waals surface area (Å²) in [5.41, 5.74) is 6.02. The molecule has 0 saturated heterocycles. The molecule has 0 amide bonds. The number of anilines is 1. The SMILES string of the molecule is Nc1ccc(Oc2ccc(OC(F)(F)F)cc2)c(Cl)c1. The summed E-state index contributed by atoms with van der Waals surface area (Å²) in [5, 5.41) is 0.306. The van der Waals surface area contributed by atoms with Crippen LogP contribution in [-0.4, -0.2) is 6.36 Å². The molecule has 0 fully saturated rings. The van der Waals surface area contributed by atoms with Gasteiger partial charge in [-0.05, 0) is 42.5 Å².